The summed E-state index contributed by atoms with van der Waals surface area (Å²) in [6.07, 6.45) is 0. The maximum absolute atomic E-state index is 3.60. The monoisotopic (exact) mass is 1470 g/mol. The van der Waals surface area contributed by atoms with E-state index in [1.165, 1.54) is 108 Å². The van der Waals surface area contributed by atoms with E-state index in [1.54, 1.807) is 0 Å². The highest BCUT2D eigenvalue weighted by atomic mass is 79.9. The van der Waals surface area contributed by atoms with Crippen molar-refractivity contribution in [2.24, 2.45) is 0 Å². The van der Waals surface area contributed by atoms with Gasteiger partial charge in [0.2, 0.25) is 0 Å². The van der Waals surface area contributed by atoms with E-state index in [2.05, 4.69) is 472 Å². The number of rotatable bonds is 15. The SMILES string of the molecule is Brc1ccc([Si](c2ccccc2)(c2ccccc2)c2ccccc2)cc1.CC1(C)c2ccccc2-c2ccc(N(c3ccc(-c4ccccc4)cc3)c3ccc([Si](c4ccccc4)(c4ccccc4)c4ccccc4)cc3)cc21.CC1(C)c2ccccc2-c2ccc(Nc3ccc(-c4ccccc4)cc3)cc21.[2H-]. The highest BCUT2D eigenvalue weighted by molar-refractivity contribution is 9.10. The Bertz CT molecular complexity index is 5480. The van der Waals surface area contributed by atoms with Gasteiger partial charge in [0.1, 0.15) is 0 Å². The third-order valence-corrected chi connectivity index (χ3v) is 32.1. The van der Waals surface area contributed by atoms with Crippen molar-refractivity contribution in [2.45, 2.75) is 38.5 Å². The molecule has 0 aromatic heterocycles. The van der Waals surface area contributed by atoms with E-state index in [1.807, 2.05) is 6.07 Å². The zero-order valence-electron chi connectivity index (χ0n) is 61.7. The summed E-state index contributed by atoms with van der Waals surface area (Å²) in [6, 6.07) is 155. The van der Waals surface area contributed by atoms with E-state index in [4.69, 9.17) is 0 Å². The lowest BCUT2D eigenvalue weighted by molar-refractivity contribution is 0.660. The van der Waals surface area contributed by atoms with E-state index in [-0.39, 0.29) is 12.3 Å². The van der Waals surface area contributed by atoms with Crippen molar-refractivity contribution < 1.29 is 1.43 Å². The first-order valence-corrected chi connectivity index (χ1v) is 41.9. The number of nitrogens with zero attached hydrogens (tertiary/aromatic N) is 1. The average molecular weight is 1470 g/mol. The number of hydrogen-bond acceptors (Lipinski definition) is 2. The van der Waals surface area contributed by atoms with Crippen molar-refractivity contribution in [3.05, 3.63) is 451 Å². The fraction of sp³-hybridized carbons (Fsp3) is 0.0588. The summed E-state index contributed by atoms with van der Waals surface area (Å²) in [5.41, 5.74) is 21.4. The molecule has 5 heteroatoms. The van der Waals surface area contributed by atoms with Crippen LogP contribution in [0, 0.1) is 0 Å². The molecule has 0 unspecified atom stereocenters. The summed E-state index contributed by atoms with van der Waals surface area (Å²) < 4.78 is 1.11. The van der Waals surface area contributed by atoms with Crippen molar-refractivity contribution >= 4 is 102 Å². The van der Waals surface area contributed by atoms with Crippen LogP contribution in [0.15, 0.2) is 429 Å². The fourth-order valence-electron chi connectivity index (χ4n) is 16.7. The number of nitrogens with one attached hydrogen (secondary N) is 1. The van der Waals surface area contributed by atoms with Crippen LogP contribution >= 0.6 is 15.9 Å². The molecule has 0 bridgehead atoms. The molecule has 1 N–H and O–H groups in total. The predicted octanol–water partition coefficient (Wildman–Crippen LogP) is 21.8. The van der Waals surface area contributed by atoms with Crippen LogP contribution in [-0.2, 0) is 10.8 Å². The van der Waals surface area contributed by atoms with Gasteiger partial charge in [0.25, 0.3) is 0 Å². The van der Waals surface area contributed by atoms with Gasteiger partial charge in [-0.15, -0.1) is 0 Å². The van der Waals surface area contributed by atoms with Crippen LogP contribution in [0.5, 0.6) is 0 Å². The minimum Gasteiger partial charge on any atom is -1.00 e. The molecule has 16 aromatic rings. The summed E-state index contributed by atoms with van der Waals surface area (Å²) >= 11 is 3.60. The lowest BCUT2D eigenvalue weighted by atomic mass is 9.82. The molecule has 518 valence electrons. The van der Waals surface area contributed by atoms with Gasteiger partial charge in [0.15, 0.2) is 16.1 Å². The Morgan fingerprint density at radius 3 is 0.879 bits per heavy atom. The van der Waals surface area contributed by atoms with Gasteiger partial charge in [0.05, 0.1) is 0 Å². The molecule has 0 spiro atoms. The molecular formula is C102H84BrN2Si2-. The summed E-state index contributed by atoms with van der Waals surface area (Å²) in [5, 5.41) is 14.7. The third-order valence-electron chi connectivity index (χ3n) is 22.0. The number of fused-ring (bicyclic) bond motifs is 6. The largest absolute Gasteiger partial charge is 1.00 e. The first-order chi connectivity index (χ1) is 52.5. The Hall–Kier alpha value is -12.0. The molecule has 0 atom stereocenters. The zero-order chi connectivity index (χ0) is 72.8. The second-order valence-electron chi connectivity index (χ2n) is 28.9. The second kappa shape index (κ2) is 30.2. The van der Waals surface area contributed by atoms with Crippen molar-refractivity contribution in [3.63, 3.8) is 0 Å². The molecule has 0 saturated carbocycles. The normalized spacial score (nSPS) is 12.7. The van der Waals surface area contributed by atoms with E-state index in [9.17, 15) is 0 Å². The summed E-state index contributed by atoms with van der Waals surface area (Å²) in [4.78, 5) is 2.43. The molecule has 107 heavy (non-hydrogen) atoms. The van der Waals surface area contributed by atoms with Gasteiger partial charge in [-0.2, -0.15) is 0 Å². The van der Waals surface area contributed by atoms with Crippen LogP contribution in [-0.4, -0.2) is 16.1 Å². The van der Waals surface area contributed by atoms with Crippen molar-refractivity contribution in [1.29, 1.82) is 0 Å². The number of anilines is 5. The molecule has 2 aliphatic rings. The topological polar surface area (TPSA) is 15.3 Å². The van der Waals surface area contributed by atoms with Gasteiger partial charge < -0.3 is 11.6 Å². The lowest BCUT2D eigenvalue weighted by Gasteiger charge is -2.35. The van der Waals surface area contributed by atoms with E-state index >= 15 is 0 Å². The maximum Gasteiger partial charge on any atom is 0.179 e. The molecule has 0 amide bonds. The first-order valence-electron chi connectivity index (χ1n) is 37.1. The summed E-state index contributed by atoms with van der Waals surface area (Å²) in [6.45, 7) is 9.35. The van der Waals surface area contributed by atoms with E-state index in [0.717, 1.165) is 32.9 Å². The number of benzene rings is 16. The Labute approximate surface area is 643 Å². The fourth-order valence-corrected chi connectivity index (χ4v) is 26.5. The maximum atomic E-state index is 3.60. The Morgan fingerprint density at radius 1 is 0.234 bits per heavy atom. The molecule has 16 aromatic carbocycles. The van der Waals surface area contributed by atoms with Gasteiger partial charge in [-0.05, 0) is 181 Å². The van der Waals surface area contributed by atoms with Crippen LogP contribution < -0.4 is 51.7 Å². The Morgan fingerprint density at radius 2 is 0.495 bits per heavy atom. The highest BCUT2D eigenvalue weighted by Crippen LogP contribution is 2.52. The standard InChI is InChI=1S/C51H41NSi.C27H23N.C24H19BrSi.H/c1-51(2)49-26-16-15-25-47(49)48-36-33-42(37-50(48)51)52(40-29-27-39(28-30-40)38-17-7-3-8-18-38)41-31-34-46(35-32-41)53(43-19-9-4-10-20-43,44-21-11-5-12-22-44)45-23-13-6-14-24-45;1-27(2)25-11-7-6-10-23(25)24-17-16-22(18-26(24)27)28-21-14-12-20(13-15-21)19-8-4-3-5-9-19;25-20-16-18-24(19-17-20)26(21-10-4-1-5-11-21,22-12-6-2-7-13-22)23-14-8-3-9-15-23;/h3-37H,1-2H3;3-18,28H,1-2H3;1-19H;/q;;;-1/i;;;1+1. The van der Waals surface area contributed by atoms with Crippen LogP contribution in [0.4, 0.5) is 28.4 Å². The van der Waals surface area contributed by atoms with Crippen LogP contribution in [0.2, 0.25) is 0 Å². The van der Waals surface area contributed by atoms with Gasteiger partial charge in [0, 0.05) is 43.7 Å². The van der Waals surface area contributed by atoms with Crippen LogP contribution in [0.3, 0.4) is 0 Å². The molecule has 0 heterocycles. The van der Waals surface area contributed by atoms with Crippen LogP contribution in [0.1, 0.15) is 51.4 Å². The molecule has 18 rings (SSSR count). The second-order valence-corrected chi connectivity index (χ2v) is 37.4. The zero-order valence-corrected chi connectivity index (χ0v) is 64.3. The molecule has 2 nitrogen and oxygen atoms in total. The third kappa shape index (κ3) is 13.4. The van der Waals surface area contributed by atoms with E-state index < -0.39 is 16.1 Å². The summed E-state index contributed by atoms with van der Waals surface area (Å²) in [7, 11) is -4.99. The highest BCUT2D eigenvalue weighted by Gasteiger charge is 2.43. The number of hydrogen-bond donors (Lipinski definition) is 1. The number of halogens is 1. The van der Waals surface area contributed by atoms with E-state index in [0.29, 0.717) is 0 Å². The minimum atomic E-state index is -2.65. The quantitative estimate of drug-likeness (QED) is 0.0813. The van der Waals surface area contributed by atoms with Crippen molar-refractivity contribution in [3.8, 4) is 44.5 Å². The van der Waals surface area contributed by atoms with Crippen LogP contribution in [0.25, 0.3) is 44.5 Å². The minimum absolute atomic E-state index is 0. The van der Waals surface area contributed by atoms with Crippen molar-refractivity contribution in [2.75, 3.05) is 10.2 Å². The molecule has 0 saturated heterocycles. The molecular weight excluding hydrogens is 1390 g/mol. The van der Waals surface area contributed by atoms with Gasteiger partial charge in [-0.25, -0.2) is 0 Å². The smallest absolute Gasteiger partial charge is 0.179 e. The summed E-state index contributed by atoms with van der Waals surface area (Å²) in [5.74, 6) is 0. The lowest BCUT2D eigenvalue weighted by Crippen LogP contribution is -2.74. The van der Waals surface area contributed by atoms with Crippen molar-refractivity contribution in [1.82, 2.24) is 0 Å². The Balaban J connectivity index is 0.000000142. The Kier molecular flexibility index (Phi) is 19.6. The predicted molar refractivity (Wildman–Crippen MR) is 466 cm³/mol. The molecule has 0 aliphatic heterocycles. The van der Waals surface area contributed by atoms with Gasteiger partial charge in [-0.3, -0.25) is 0 Å². The molecule has 0 radical (unpaired) electrons. The van der Waals surface area contributed by atoms with Gasteiger partial charge in [-0.1, -0.05) is 395 Å². The molecule has 0 fully saturated rings. The first kappa shape index (κ1) is 69.4. The molecule has 2 aliphatic carbocycles. The van der Waals surface area contributed by atoms with Gasteiger partial charge >= 0.3 is 0 Å². The average Bonchev–Trinajstić information content (AvgIpc) is 1.67.